The average Bonchev–Trinajstić information content (AvgIpc) is 3.09. The molecular weight excluding hydrogens is 314 g/mol. The first kappa shape index (κ1) is 18.2. The van der Waals surface area contributed by atoms with Crippen LogP contribution >= 0.6 is 12.4 Å². The van der Waals surface area contributed by atoms with Gasteiger partial charge < -0.3 is 10.6 Å². The maximum absolute atomic E-state index is 12.3. The highest BCUT2D eigenvalue weighted by Crippen LogP contribution is 2.50. The molecule has 0 bridgehead atoms. The highest BCUT2D eigenvalue weighted by atomic mass is 35.5. The van der Waals surface area contributed by atoms with E-state index in [9.17, 15) is 4.79 Å². The van der Waals surface area contributed by atoms with Crippen LogP contribution < -0.4 is 10.6 Å². The van der Waals surface area contributed by atoms with Crippen LogP contribution in [0.1, 0.15) is 62.5 Å². The average molecular weight is 342 g/mol. The summed E-state index contributed by atoms with van der Waals surface area (Å²) in [5, 5.41) is 14.6. The maximum atomic E-state index is 12.3. The normalized spacial score (nSPS) is 20.1. The van der Waals surface area contributed by atoms with Gasteiger partial charge in [-0.1, -0.05) is 19.1 Å². The van der Waals surface area contributed by atoms with E-state index >= 15 is 0 Å². The summed E-state index contributed by atoms with van der Waals surface area (Å²) in [6.07, 6.45) is 7.53. The molecule has 1 saturated carbocycles. The summed E-state index contributed by atoms with van der Waals surface area (Å²) in [4.78, 5) is 12.3. The Morgan fingerprint density at radius 1 is 1.43 bits per heavy atom. The first-order valence-corrected chi connectivity index (χ1v) is 8.49. The molecule has 3 rings (SSSR count). The minimum atomic E-state index is -0.0878. The van der Waals surface area contributed by atoms with Gasteiger partial charge in [-0.25, -0.2) is 4.68 Å². The van der Waals surface area contributed by atoms with Crippen LogP contribution in [0, 0.1) is 11.3 Å². The number of halogens is 1. The Kier molecular flexibility index (Phi) is 6.03. The van der Waals surface area contributed by atoms with Gasteiger partial charge in [-0.15, -0.1) is 17.5 Å². The lowest BCUT2D eigenvalue weighted by Gasteiger charge is -2.22. The second-order valence-corrected chi connectivity index (χ2v) is 7.35. The highest BCUT2D eigenvalue weighted by molar-refractivity contribution is 5.91. The molecule has 2 aliphatic rings. The van der Waals surface area contributed by atoms with Gasteiger partial charge in [0.2, 0.25) is 0 Å². The molecule has 0 aromatic carbocycles. The van der Waals surface area contributed by atoms with Crippen molar-refractivity contribution in [3.05, 3.63) is 11.9 Å². The Morgan fingerprint density at radius 2 is 2.13 bits per heavy atom. The monoisotopic (exact) mass is 341 g/mol. The van der Waals surface area contributed by atoms with E-state index in [4.69, 9.17) is 0 Å². The fraction of sp³-hybridized carbons (Fsp3) is 0.812. The molecule has 23 heavy (non-hydrogen) atoms. The molecule has 2 N–H and O–H groups in total. The zero-order chi connectivity index (χ0) is 15.6. The van der Waals surface area contributed by atoms with Crippen molar-refractivity contribution in [3.8, 4) is 0 Å². The van der Waals surface area contributed by atoms with Crippen molar-refractivity contribution in [3.63, 3.8) is 0 Å². The van der Waals surface area contributed by atoms with Gasteiger partial charge in [0, 0.05) is 6.54 Å². The lowest BCUT2D eigenvalue weighted by molar-refractivity contribution is 0.0937. The standard InChI is InChI=1S/C16H27N5O.ClH/c1-12(2)9-16(5-6-16)11-18-15(22)14-10-21(20-19-14)13-3-7-17-8-4-13;/h10,12-13,17H,3-9,11H2,1-2H3,(H,18,22);1H. The van der Waals surface area contributed by atoms with Crippen molar-refractivity contribution >= 4 is 18.3 Å². The summed E-state index contributed by atoms with van der Waals surface area (Å²) in [5.74, 6) is 0.593. The molecule has 0 atom stereocenters. The Labute approximate surface area is 144 Å². The van der Waals surface area contributed by atoms with Gasteiger partial charge in [0.25, 0.3) is 5.91 Å². The van der Waals surface area contributed by atoms with Gasteiger partial charge in [-0.2, -0.15) is 0 Å². The first-order valence-electron chi connectivity index (χ1n) is 8.49. The van der Waals surface area contributed by atoms with Gasteiger partial charge in [-0.3, -0.25) is 4.79 Å². The summed E-state index contributed by atoms with van der Waals surface area (Å²) in [7, 11) is 0. The molecule has 2 heterocycles. The minimum Gasteiger partial charge on any atom is -0.350 e. The Hall–Kier alpha value is -1.14. The van der Waals surface area contributed by atoms with Crippen LogP contribution in [-0.4, -0.2) is 40.5 Å². The molecule has 130 valence electrons. The van der Waals surface area contributed by atoms with Crippen molar-refractivity contribution < 1.29 is 4.79 Å². The second kappa shape index (κ2) is 7.62. The van der Waals surface area contributed by atoms with E-state index in [1.165, 1.54) is 19.3 Å². The van der Waals surface area contributed by atoms with Crippen LogP contribution in [0.15, 0.2) is 6.20 Å². The number of hydrogen-bond donors (Lipinski definition) is 2. The number of nitrogens with zero attached hydrogens (tertiary/aromatic N) is 3. The quantitative estimate of drug-likeness (QED) is 0.832. The van der Waals surface area contributed by atoms with E-state index in [1.807, 2.05) is 4.68 Å². The van der Waals surface area contributed by atoms with E-state index in [-0.39, 0.29) is 18.3 Å². The SMILES string of the molecule is CC(C)CC1(CNC(=O)c2cn(C3CCNCC3)nn2)CC1.Cl. The summed E-state index contributed by atoms with van der Waals surface area (Å²) in [6, 6.07) is 0.367. The lowest BCUT2D eigenvalue weighted by Crippen LogP contribution is -2.31. The van der Waals surface area contributed by atoms with Crippen molar-refractivity contribution in [1.82, 2.24) is 25.6 Å². The van der Waals surface area contributed by atoms with Crippen LogP contribution in [0.3, 0.4) is 0 Å². The molecule has 7 heteroatoms. The molecule has 1 amide bonds. The molecule has 1 aliphatic carbocycles. The van der Waals surface area contributed by atoms with Gasteiger partial charge in [0.1, 0.15) is 0 Å². The summed E-state index contributed by atoms with van der Waals surface area (Å²) in [6.45, 7) is 7.26. The van der Waals surface area contributed by atoms with Crippen LogP contribution in [0.25, 0.3) is 0 Å². The van der Waals surface area contributed by atoms with Gasteiger partial charge in [-0.05, 0) is 56.5 Å². The number of piperidine rings is 1. The van der Waals surface area contributed by atoms with E-state index in [1.54, 1.807) is 6.20 Å². The molecule has 1 aliphatic heterocycles. The fourth-order valence-electron chi connectivity index (χ4n) is 3.48. The van der Waals surface area contributed by atoms with E-state index in [0.29, 0.717) is 23.1 Å². The zero-order valence-electron chi connectivity index (χ0n) is 14.0. The second-order valence-electron chi connectivity index (χ2n) is 7.35. The minimum absolute atomic E-state index is 0. The zero-order valence-corrected chi connectivity index (χ0v) is 14.9. The molecular formula is C16H28ClN5O. The topological polar surface area (TPSA) is 71.8 Å². The van der Waals surface area contributed by atoms with Crippen molar-refractivity contribution in [2.75, 3.05) is 19.6 Å². The number of nitrogens with one attached hydrogen (secondary N) is 2. The molecule has 2 fully saturated rings. The number of amides is 1. The third-order valence-corrected chi connectivity index (χ3v) is 4.85. The van der Waals surface area contributed by atoms with Crippen LogP contribution in [-0.2, 0) is 0 Å². The van der Waals surface area contributed by atoms with Crippen LogP contribution in [0.4, 0.5) is 0 Å². The maximum Gasteiger partial charge on any atom is 0.273 e. The molecule has 6 nitrogen and oxygen atoms in total. The Bertz CT molecular complexity index is 520. The number of rotatable bonds is 6. The predicted molar refractivity (Wildman–Crippen MR) is 91.9 cm³/mol. The fourth-order valence-corrected chi connectivity index (χ4v) is 3.48. The third-order valence-electron chi connectivity index (χ3n) is 4.85. The number of carbonyl (C=O) groups is 1. The van der Waals surface area contributed by atoms with Gasteiger partial charge in [0.05, 0.1) is 12.2 Å². The Morgan fingerprint density at radius 3 is 2.74 bits per heavy atom. The molecule has 0 unspecified atom stereocenters. The van der Waals surface area contributed by atoms with Crippen molar-refractivity contribution in [1.29, 1.82) is 0 Å². The molecule has 1 saturated heterocycles. The van der Waals surface area contributed by atoms with E-state index in [0.717, 1.165) is 32.5 Å². The Balaban J connectivity index is 0.00000192. The van der Waals surface area contributed by atoms with Gasteiger partial charge in [0.15, 0.2) is 5.69 Å². The number of aromatic nitrogens is 3. The van der Waals surface area contributed by atoms with E-state index in [2.05, 4.69) is 34.8 Å². The summed E-state index contributed by atoms with van der Waals surface area (Å²) in [5.41, 5.74) is 0.786. The largest absolute Gasteiger partial charge is 0.350 e. The predicted octanol–water partition coefficient (Wildman–Crippen LogP) is 2.18. The van der Waals surface area contributed by atoms with Crippen molar-refractivity contribution in [2.45, 2.75) is 52.0 Å². The molecule has 1 aromatic heterocycles. The summed E-state index contributed by atoms with van der Waals surface area (Å²) >= 11 is 0. The lowest BCUT2D eigenvalue weighted by atomic mass is 9.94. The molecule has 1 aromatic rings. The molecule has 0 radical (unpaired) electrons. The number of carbonyl (C=O) groups excluding carboxylic acids is 1. The first-order chi connectivity index (χ1) is 10.6. The number of hydrogen-bond acceptors (Lipinski definition) is 4. The highest BCUT2D eigenvalue weighted by Gasteiger charge is 2.42. The summed E-state index contributed by atoms with van der Waals surface area (Å²) < 4.78 is 1.86. The van der Waals surface area contributed by atoms with Crippen molar-refractivity contribution in [2.24, 2.45) is 11.3 Å². The smallest absolute Gasteiger partial charge is 0.273 e. The molecule has 0 spiro atoms. The van der Waals surface area contributed by atoms with E-state index < -0.39 is 0 Å². The van der Waals surface area contributed by atoms with Gasteiger partial charge >= 0.3 is 0 Å². The van der Waals surface area contributed by atoms with Crippen LogP contribution in [0.2, 0.25) is 0 Å². The van der Waals surface area contributed by atoms with Crippen LogP contribution in [0.5, 0.6) is 0 Å². The third kappa shape index (κ3) is 4.67.